The second kappa shape index (κ2) is 8.11. The quantitative estimate of drug-likeness (QED) is 0.493. The van der Waals surface area contributed by atoms with Crippen LogP contribution in [-0.2, 0) is 11.3 Å². The van der Waals surface area contributed by atoms with Gasteiger partial charge in [0.2, 0.25) is 5.91 Å². The van der Waals surface area contributed by atoms with Gasteiger partial charge in [0.05, 0.1) is 17.2 Å². The van der Waals surface area contributed by atoms with E-state index in [2.05, 4.69) is 15.3 Å². The highest BCUT2D eigenvalue weighted by molar-refractivity contribution is 5.90. The number of hydrogen-bond acceptors (Lipinski definition) is 5. The number of carbonyl (C=O) groups is 1. The molecule has 0 fully saturated rings. The number of carbonyl (C=O) groups excluding carboxylic acids is 1. The van der Waals surface area contributed by atoms with Crippen LogP contribution >= 0.6 is 0 Å². The molecule has 0 bridgehead atoms. The fourth-order valence-electron chi connectivity index (χ4n) is 2.49. The first-order valence-corrected chi connectivity index (χ1v) is 8.25. The number of aromatic hydroxyl groups is 1. The Balaban J connectivity index is 1.52. The van der Waals surface area contributed by atoms with Gasteiger partial charge >= 0.3 is 0 Å². The van der Waals surface area contributed by atoms with Crippen LogP contribution in [0, 0.1) is 0 Å². The van der Waals surface area contributed by atoms with Crippen molar-refractivity contribution in [2.45, 2.75) is 19.4 Å². The second-order valence-electron chi connectivity index (χ2n) is 5.77. The van der Waals surface area contributed by atoms with Crippen LogP contribution in [0.1, 0.15) is 12.8 Å². The summed E-state index contributed by atoms with van der Waals surface area (Å²) in [6.07, 6.45) is 11.2. The van der Waals surface area contributed by atoms with Gasteiger partial charge in [0, 0.05) is 37.8 Å². The van der Waals surface area contributed by atoms with Crippen molar-refractivity contribution in [2.24, 2.45) is 0 Å². The van der Waals surface area contributed by atoms with Gasteiger partial charge in [0.15, 0.2) is 0 Å². The summed E-state index contributed by atoms with van der Waals surface area (Å²) in [6.45, 7) is 1.41. The summed E-state index contributed by atoms with van der Waals surface area (Å²) in [5, 5.41) is 12.6. The van der Waals surface area contributed by atoms with Crippen molar-refractivity contribution in [1.82, 2.24) is 24.4 Å². The minimum atomic E-state index is -0.352. The number of fused-ring (bicyclic) bond motifs is 1. The molecular weight excluding hydrogens is 334 g/mol. The molecule has 26 heavy (non-hydrogen) atoms. The molecule has 8 heteroatoms. The van der Waals surface area contributed by atoms with E-state index < -0.39 is 0 Å². The molecule has 2 N–H and O–H groups in total. The first-order chi connectivity index (χ1) is 12.6. The van der Waals surface area contributed by atoms with E-state index in [4.69, 9.17) is 0 Å². The number of rotatable bonds is 7. The number of unbranched alkanes of at least 4 members (excludes halogenated alkanes) is 1. The fourth-order valence-corrected chi connectivity index (χ4v) is 2.49. The van der Waals surface area contributed by atoms with Gasteiger partial charge in [-0.15, -0.1) is 0 Å². The molecule has 134 valence electrons. The number of aryl methyl sites for hydroxylation is 1. The number of phenols is 1. The van der Waals surface area contributed by atoms with Crippen molar-refractivity contribution >= 4 is 23.0 Å². The number of hydrogen-bond donors (Lipinski definition) is 2. The largest absolute Gasteiger partial charge is 0.508 e. The van der Waals surface area contributed by atoms with Crippen LogP contribution in [0.25, 0.3) is 17.1 Å². The van der Waals surface area contributed by atoms with Crippen molar-refractivity contribution in [2.75, 3.05) is 6.54 Å². The van der Waals surface area contributed by atoms with E-state index >= 15 is 0 Å². The average molecular weight is 353 g/mol. The van der Waals surface area contributed by atoms with Crippen LogP contribution < -0.4 is 10.9 Å². The molecule has 3 rings (SSSR count). The Morgan fingerprint density at radius 3 is 2.96 bits per heavy atom. The van der Waals surface area contributed by atoms with E-state index in [9.17, 15) is 14.7 Å². The first-order valence-electron chi connectivity index (χ1n) is 8.25. The van der Waals surface area contributed by atoms with Crippen molar-refractivity contribution in [3.8, 4) is 5.75 Å². The molecule has 0 unspecified atom stereocenters. The molecule has 0 radical (unpaired) electrons. The van der Waals surface area contributed by atoms with Gasteiger partial charge in [-0.2, -0.15) is 0 Å². The highest BCUT2D eigenvalue weighted by Gasteiger charge is 2.04. The number of benzene rings is 1. The lowest BCUT2D eigenvalue weighted by molar-refractivity contribution is -0.116. The smallest absolute Gasteiger partial charge is 0.265 e. The summed E-state index contributed by atoms with van der Waals surface area (Å²) in [5.41, 5.74) is 0.134. The normalized spacial score (nSPS) is 11.2. The second-order valence-corrected chi connectivity index (χ2v) is 5.77. The molecule has 0 aliphatic heterocycles. The van der Waals surface area contributed by atoms with Gasteiger partial charge in [-0.1, -0.05) is 0 Å². The van der Waals surface area contributed by atoms with E-state index in [0.717, 1.165) is 19.4 Å². The Morgan fingerprint density at radius 2 is 2.15 bits per heavy atom. The van der Waals surface area contributed by atoms with Crippen molar-refractivity contribution in [3.63, 3.8) is 0 Å². The number of nitrogens with one attached hydrogen (secondary N) is 1. The van der Waals surface area contributed by atoms with Crippen LogP contribution in [0.2, 0.25) is 0 Å². The predicted octanol–water partition coefficient (Wildman–Crippen LogP) is 1.37. The van der Waals surface area contributed by atoms with Gasteiger partial charge < -0.3 is 15.0 Å². The van der Waals surface area contributed by atoms with Crippen LogP contribution in [-0.4, -0.2) is 36.7 Å². The van der Waals surface area contributed by atoms with Crippen LogP contribution in [0.3, 0.4) is 0 Å². The van der Waals surface area contributed by atoms with Crippen LogP contribution in [0.4, 0.5) is 0 Å². The van der Waals surface area contributed by atoms with Crippen molar-refractivity contribution in [1.29, 1.82) is 0 Å². The summed E-state index contributed by atoms with van der Waals surface area (Å²) in [5.74, 6) is -0.290. The summed E-state index contributed by atoms with van der Waals surface area (Å²) in [4.78, 5) is 32.3. The maximum absolute atomic E-state index is 12.3. The van der Waals surface area contributed by atoms with Crippen molar-refractivity contribution in [3.05, 3.63) is 59.7 Å². The highest BCUT2D eigenvalue weighted by atomic mass is 16.3. The maximum Gasteiger partial charge on any atom is 0.265 e. The molecule has 2 aromatic heterocycles. The molecule has 0 aliphatic carbocycles. The molecule has 8 nitrogen and oxygen atoms in total. The maximum atomic E-state index is 12.3. The van der Waals surface area contributed by atoms with E-state index in [1.54, 1.807) is 18.6 Å². The zero-order valence-corrected chi connectivity index (χ0v) is 14.1. The third-order valence-corrected chi connectivity index (χ3v) is 3.85. The third-order valence-electron chi connectivity index (χ3n) is 3.85. The van der Waals surface area contributed by atoms with Gasteiger partial charge in [0.25, 0.3) is 5.56 Å². The Hall–Kier alpha value is -3.42. The SMILES string of the molecule is O=C(/C=C/n1cnc2ccc(O)cc2c1=O)NCCCCn1ccnc1. The number of aromatic nitrogens is 4. The van der Waals surface area contributed by atoms with E-state index in [1.165, 1.54) is 35.3 Å². The molecule has 0 atom stereocenters. The van der Waals surface area contributed by atoms with Gasteiger partial charge in [-0.05, 0) is 31.0 Å². The standard InChI is InChI=1S/C18H19N5O3/c24-14-3-4-16-15(11-14)18(26)23(13-21-16)9-5-17(25)20-6-1-2-8-22-10-7-19-12-22/h3-5,7,9-13,24H,1-2,6,8H2,(H,20,25)/b9-5+. The topological polar surface area (TPSA) is 102 Å². The van der Waals surface area contributed by atoms with E-state index in [-0.39, 0.29) is 22.6 Å². The molecular formula is C18H19N5O3. The summed E-state index contributed by atoms with van der Waals surface area (Å²) < 4.78 is 3.19. The zero-order valence-electron chi connectivity index (χ0n) is 14.1. The minimum Gasteiger partial charge on any atom is -0.508 e. The molecule has 0 saturated carbocycles. The number of imidazole rings is 1. The molecule has 3 aromatic rings. The van der Waals surface area contributed by atoms with Gasteiger partial charge in [-0.3, -0.25) is 14.2 Å². The van der Waals surface area contributed by atoms with Crippen molar-refractivity contribution < 1.29 is 9.90 Å². The average Bonchev–Trinajstić information content (AvgIpc) is 3.15. The van der Waals surface area contributed by atoms with Gasteiger partial charge in [-0.25, -0.2) is 9.97 Å². The van der Waals surface area contributed by atoms with Crippen LogP contribution in [0.15, 0.2) is 54.1 Å². The Bertz CT molecular complexity index is 976. The number of phenolic OH excluding ortho intramolecular Hbond substituents is 1. The lowest BCUT2D eigenvalue weighted by atomic mass is 10.2. The van der Waals surface area contributed by atoms with Gasteiger partial charge in [0.1, 0.15) is 12.1 Å². The minimum absolute atomic E-state index is 0.00781. The molecule has 0 saturated heterocycles. The Morgan fingerprint density at radius 1 is 1.27 bits per heavy atom. The third kappa shape index (κ3) is 4.35. The zero-order chi connectivity index (χ0) is 18.4. The number of nitrogens with zero attached hydrogens (tertiary/aromatic N) is 4. The predicted molar refractivity (Wildman–Crippen MR) is 97.5 cm³/mol. The highest BCUT2D eigenvalue weighted by Crippen LogP contribution is 2.14. The molecule has 1 amide bonds. The Kier molecular flexibility index (Phi) is 5.43. The van der Waals surface area contributed by atoms with E-state index in [1.807, 2.05) is 10.8 Å². The monoisotopic (exact) mass is 353 g/mol. The molecule has 1 aromatic carbocycles. The molecule has 0 spiro atoms. The lowest BCUT2D eigenvalue weighted by Gasteiger charge is -2.04. The fraction of sp³-hybridized carbons (Fsp3) is 0.222. The molecule has 2 heterocycles. The summed E-state index contributed by atoms with van der Waals surface area (Å²) >= 11 is 0. The summed E-state index contributed by atoms with van der Waals surface area (Å²) in [7, 11) is 0. The summed E-state index contributed by atoms with van der Waals surface area (Å²) in [6, 6.07) is 4.39. The number of amides is 1. The first kappa shape index (κ1) is 17.4. The van der Waals surface area contributed by atoms with E-state index in [0.29, 0.717) is 12.1 Å². The molecule has 0 aliphatic rings. The lowest BCUT2D eigenvalue weighted by Crippen LogP contribution is -2.23. The Labute approximate surface area is 149 Å². The van der Waals surface area contributed by atoms with Crippen LogP contribution in [0.5, 0.6) is 5.75 Å².